The molecule has 0 spiro atoms. The molecule has 2 aromatic rings. The van der Waals surface area contributed by atoms with E-state index in [0.29, 0.717) is 26.1 Å². The number of hydrogen-bond donors (Lipinski definition) is 1. The van der Waals surface area contributed by atoms with Gasteiger partial charge in [-0.3, -0.25) is 14.5 Å². The van der Waals surface area contributed by atoms with Gasteiger partial charge in [-0.1, -0.05) is 42.5 Å². The molecule has 0 bridgehead atoms. The highest BCUT2D eigenvalue weighted by Gasteiger charge is 2.32. The van der Waals surface area contributed by atoms with E-state index in [0.717, 1.165) is 29.8 Å². The van der Waals surface area contributed by atoms with Crippen LogP contribution in [0.4, 0.5) is 5.69 Å². The molecule has 0 saturated carbocycles. The summed E-state index contributed by atoms with van der Waals surface area (Å²) in [5.41, 5.74) is 2.67. The molecule has 7 nitrogen and oxygen atoms in total. The van der Waals surface area contributed by atoms with Crippen molar-refractivity contribution in [3.8, 4) is 0 Å². The Bertz CT molecular complexity index is 1020. The number of rotatable bonds is 6. The highest BCUT2D eigenvalue weighted by molar-refractivity contribution is 7.91. The van der Waals surface area contributed by atoms with Gasteiger partial charge in [-0.2, -0.15) is 0 Å². The third-order valence-electron chi connectivity index (χ3n) is 5.90. The summed E-state index contributed by atoms with van der Waals surface area (Å²) in [6, 6.07) is 16.6. The van der Waals surface area contributed by atoms with E-state index in [1.54, 1.807) is 4.90 Å². The number of nitrogens with one attached hydrogen (secondary N) is 1. The SMILES string of the molecule is O=C(NCc1ccc(N2CCCC2=O)cc1)C(c1ccccc1)N1CCS(=O)(=O)CC1. The minimum absolute atomic E-state index is 0.0697. The molecule has 1 atom stereocenters. The van der Waals surface area contributed by atoms with Crippen LogP contribution in [0.25, 0.3) is 0 Å². The third-order valence-corrected chi connectivity index (χ3v) is 7.51. The molecule has 2 saturated heterocycles. The molecule has 2 aliphatic rings. The third kappa shape index (κ3) is 5.14. The zero-order valence-corrected chi connectivity index (χ0v) is 18.2. The number of amides is 2. The number of benzene rings is 2. The van der Waals surface area contributed by atoms with E-state index in [2.05, 4.69) is 5.32 Å². The van der Waals surface area contributed by atoms with Crippen LogP contribution in [0.2, 0.25) is 0 Å². The summed E-state index contributed by atoms with van der Waals surface area (Å²) in [5, 5.41) is 3.00. The monoisotopic (exact) mass is 441 g/mol. The van der Waals surface area contributed by atoms with E-state index in [1.165, 1.54) is 0 Å². The molecule has 1 N–H and O–H groups in total. The Morgan fingerprint density at radius 3 is 2.26 bits per heavy atom. The summed E-state index contributed by atoms with van der Waals surface area (Å²) in [5.74, 6) is 0.139. The average molecular weight is 442 g/mol. The van der Waals surface area contributed by atoms with E-state index in [9.17, 15) is 18.0 Å². The Hall–Kier alpha value is -2.71. The molecule has 2 aromatic carbocycles. The van der Waals surface area contributed by atoms with E-state index in [4.69, 9.17) is 0 Å². The fourth-order valence-electron chi connectivity index (χ4n) is 4.15. The van der Waals surface area contributed by atoms with Gasteiger partial charge in [0.15, 0.2) is 9.84 Å². The van der Waals surface area contributed by atoms with Crippen molar-refractivity contribution in [2.75, 3.05) is 36.0 Å². The molecule has 0 radical (unpaired) electrons. The highest BCUT2D eigenvalue weighted by Crippen LogP contribution is 2.24. The molecule has 2 amide bonds. The Labute approximate surface area is 183 Å². The Balaban J connectivity index is 1.43. The van der Waals surface area contributed by atoms with Gasteiger partial charge in [0, 0.05) is 38.3 Å². The summed E-state index contributed by atoms with van der Waals surface area (Å²) in [6.45, 7) is 1.80. The molecular formula is C23H27N3O4S. The first-order chi connectivity index (χ1) is 14.9. The van der Waals surface area contributed by atoms with Crippen molar-refractivity contribution in [3.63, 3.8) is 0 Å². The topological polar surface area (TPSA) is 86.8 Å². The van der Waals surface area contributed by atoms with Crippen LogP contribution in [-0.4, -0.2) is 56.3 Å². The van der Waals surface area contributed by atoms with Gasteiger partial charge in [-0.25, -0.2) is 8.42 Å². The summed E-state index contributed by atoms with van der Waals surface area (Å²) in [6.07, 6.45) is 1.48. The van der Waals surface area contributed by atoms with E-state index < -0.39 is 15.9 Å². The molecule has 164 valence electrons. The van der Waals surface area contributed by atoms with Crippen LogP contribution in [0.5, 0.6) is 0 Å². The van der Waals surface area contributed by atoms with Crippen LogP contribution >= 0.6 is 0 Å². The van der Waals surface area contributed by atoms with Gasteiger partial charge in [-0.15, -0.1) is 0 Å². The van der Waals surface area contributed by atoms with Gasteiger partial charge < -0.3 is 10.2 Å². The smallest absolute Gasteiger partial charge is 0.242 e. The second kappa shape index (κ2) is 9.20. The first-order valence-electron chi connectivity index (χ1n) is 10.6. The number of carbonyl (C=O) groups excluding carboxylic acids is 2. The predicted octanol–water partition coefficient (Wildman–Crippen LogP) is 1.90. The van der Waals surface area contributed by atoms with Crippen molar-refractivity contribution in [2.24, 2.45) is 0 Å². The van der Waals surface area contributed by atoms with Crippen LogP contribution in [0, 0.1) is 0 Å². The fraction of sp³-hybridized carbons (Fsp3) is 0.391. The number of sulfone groups is 1. The van der Waals surface area contributed by atoms with Crippen molar-refractivity contribution in [1.82, 2.24) is 10.2 Å². The van der Waals surface area contributed by atoms with E-state index in [1.807, 2.05) is 59.5 Å². The van der Waals surface area contributed by atoms with E-state index in [-0.39, 0.29) is 23.3 Å². The number of hydrogen-bond acceptors (Lipinski definition) is 5. The minimum Gasteiger partial charge on any atom is -0.350 e. The normalized spacial score (nSPS) is 19.9. The molecule has 4 rings (SSSR count). The minimum atomic E-state index is -3.03. The van der Waals surface area contributed by atoms with Crippen molar-refractivity contribution in [2.45, 2.75) is 25.4 Å². The first kappa shape index (κ1) is 21.5. The molecule has 2 heterocycles. The van der Waals surface area contributed by atoms with Crippen LogP contribution in [-0.2, 0) is 26.0 Å². The van der Waals surface area contributed by atoms with Gasteiger partial charge >= 0.3 is 0 Å². The van der Waals surface area contributed by atoms with Crippen molar-refractivity contribution in [3.05, 3.63) is 65.7 Å². The summed E-state index contributed by atoms with van der Waals surface area (Å²) in [4.78, 5) is 28.8. The van der Waals surface area contributed by atoms with Gasteiger partial charge in [0.25, 0.3) is 0 Å². The van der Waals surface area contributed by atoms with Crippen LogP contribution in [0.3, 0.4) is 0 Å². The summed E-state index contributed by atoms with van der Waals surface area (Å²) >= 11 is 0. The summed E-state index contributed by atoms with van der Waals surface area (Å²) in [7, 11) is -3.03. The first-order valence-corrected chi connectivity index (χ1v) is 12.4. The number of carbonyl (C=O) groups is 2. The molecular weight excluding hydrogens is 414 g/mol. The molecule has 1 unspecified atom stereocenters. The zero-order chi connectivity index (χ0) is 21.8. The number of nitrogens with zero attached hydrogens (tertiary/aromatic N) is 2. The molecule has 31 heavy (non-hydrogen) atoms. The lowest BCUT2D eigenvalue weighted by atomic mass is 10.0. The molecule has 2 fully saturated rings. The standard InChI is InChI=1S/C23H27N3O4S/c27-21-7-4-12-26(21)20-10-8-18(9-11-20)17-24-23(28)22(19-5-2-1-3-6-19)25-13-15-31(29,30)16-14-25/h1-3,5-6,8-11,22H,4,7,12-17H2,(H,24,28). The molecule has 0 aromatic heterocycles. The quantitative estimate of drug-likeness (QED) is 0.740. The highest BCUT2D eigenvalue weighted by atomic mass is 32.2. The predicted molar refractivity (Wildman–Crippen MR) is 119 cm³/mol. The lowest BCUT2D eigenvalue weighted by molar-refractivity contribution is -0.126. The van der Waals surface area contributed by atoms with Gasteiger partial charge in [-0.05, 0) is 29.7 Å². The second-order valence-electron chi connectivity index (χ2n) is 8.03. The molecule has 2 aliphatic heterocycles. The van der Waals surface area contributed by atoms with E-state index >= 15 is 0 Å². The largest absolute Gasteiger partial charge is 0.350 e. The maximum atomic E-state index is 13.1. The second-order valence-corrected chi connectivity index (χ2v) is 10.3. The van der Waals surface area contributed by atoms with Crippen molar-refractivity contribution < 1.29 is 18.0 Å². The fourth-order valence-corrected chi connectivity index (χ4v) is 5.38. The number of anilines is 1. The molecule has 0 aliphatic carbocycles. The Morgan fingerprint density at radius 1 is 0.968 bits per heavy atom. The van der Waals surface area contributed by atoms with Gasteiger partial charge in [0.2, 0.25) is 11.8 Å². The van der Waals surface area contributed by atoms with Crippen LogP contribution in [0.15, 0.2) is 54.6 Å². The lowest BCUT2D eigenvalue weighted by Crippen LogP contribution is -2.47. The maximum absolute atomic E-state index is 13.1. The van der Waals surface area contributed by atoms with Crippen molar-refractivity contribution >= 4 is 27.3 Å². The van der Waals surface area contributed by atoms with Crippen LogP contribution < -0.4 is 10.2 Å². The van der Waals surface area contributed by atoms with Crippen LogP contribution in [0.1, 0.15) is 30.0 Å². The maximum Gasteiger partial charge on any atom is 0.242 e. The average Bonchev–Trinajstić information content (AvgIpc) is 3.20. The summed E-state index contributed by atoms with van der Waals surface area (Å²) < 4.78 is 23.7. The molecule has 8 heteroatoms. The van der Waals surface area contributed by atoms with Gasteiger partial charge in [0.1, 0.15) is 6.04 Å². The Morgan fingerprint density at radius 2 is 1.65 bits per heavy atom. The lowest BCUT2D eigenvalue weighted by Gasteiger charge is -2.33. The Kier molecular flexibility index (Phi) is 6.38. The van der Waals surface area contributed by atoms with Crippen molar-refractivity contribution in [1.29, 1.82) is 0 Å². The zero-order valence-electron chi connectivity index (χ0n) is 17.4. The van der Waals surface area contributed by atoms with Gasteiger partial charge in [0.05, 0.1) is 11.5 Å².